The summed E-state index contributed by atoms with van der Waals surface area (Å²) in [6, 6.07) is 2.68. The first-order chi connectivity index (χ1) is 14.7. The number of hydrogen-bond donors (Lipinski definition) is 1. The monoisotopic (exact) mass is 488 g/mol. The number of urea groups is 1. The molecule has 1 spiro atoms. The molecule has 2 aliphatic heterocycles. The smallest absolute Gasteiger partial charge is 0.325 e. The van der Waals surface area contributed by atoms with Crippen LogP contribution in [0.2, 0.25) is 4.34 Å². The summed E-state index contributed by atoms with van der Waals surface area (Å²) < 4.78 is 27.3. The zero-order chi connectivity index (χ0) is 22.2. The lowest BCUT2D eigenvalue weighted by molar-refractivity contribution is -0.134. The predicted octanol–water partition coefficient (Wildman–Crippen LogP) is 1.88. The summed E-state index contributed by atoms with van der Waals surface area (Å²) in [6.45, 7) is 1.27. The van der Waals surface area contributed by atoms with Crippen LogP contribution in [0.4, 0.5) is 4.79 Å². The van der Waals surface area contributed by atoms with E-state index in [0.717, 1.165) is 24.2 Å². The van der Waals surface area contributed by atoms with Gasteiger partial charge in [-0.1, -0.05) is 24.4 Å². The largest absolute Gasteiger partial charge is 0.340 e. The van der Waals surface area contributed by atoms with Gasteiger partial charge in [-0.2, -0.15) is 4.31 Å². The Hall–Kier alpha value is -1.69. The number of carbonyl (C=O) groups excluding carboxylic acids is 3. The maximum absolute atomic E-state index is 12.7. The molecule has 0 atom stereocenters. The van der Waals surface area contributed by atoms with E-state index in [9.17, 15) is 22.8 Å². The van der Waals surface area contributed by atoms with Gasteiger partial charge in [0.25, 0.3) is 15.9 Å². The zero-order valence-corrected chi connectivity index (χ0v) is 19.4. The number of thiophene rings is 1. The summed E-state index contributed by atoms with van der Waals surface area (Å²) in [5.74, 6) is -0.270. The normalized spacial score (nSPS) is 21.8. The van der Waals surface area contributed by atoms with Gasteiger partial charge in [-0.3, -0.25) is 14.5 Å². The van der Waals surface area contributed by atoms with E-state index in [2.05, 4.69) is 5.32 Å². The predicted molar refractivity (Wildman–Crippen MR) is 115 cm³/mol. The van der Waals surface area contributed by atoms with E-state index in [-0.39, 0.29) is 48.1 Å². The van der Waals surface area contributed by atoms with Crippen LogP contribution < -0.4 is 5.32 Å². The maximum Gasteiger partial charge on any atom is 0.325 e. The van der Waals surface area contributed by atoms with E-state index in [1.165, 1.54) is 15.3 Å². The van der Waals surface area contributed by atoms with Crippen LogP contribution in [-0.2, 0) is 19.6 Å². The van der Waals surface area contributed by atoms with Gasteiger partial charge < -0.3 is 10.2 Å². The molecule has 3 heterocycles. The molecule has 170 valence electrons. The SMILES string of the molecule is O=C(CCCN1C(=O)NC2(CCCC2)C1=O)N1CCN(S(=O)(=O)c2ccc(Cl)s2)CC1. The van der Waals surface area contributed by atoms with E-state index in [0.29, 0.717) is 36.7 Å². The van der Waals surface area contributed by atoms with Gasteiger partial charge in [-0.05, 0) is 31.4 Å². The minimum absolute atomic E-state index is 0.0983. The molecule has 1 N–H and O–H groups in total. The van der Waals surface area contributed by atoms with Gasteiger partial charge in [-0.25, -0.2) is 13.2 Å². The number of imide groups is 1. The lowest BCUT2D eigenvalue weighted by atomic mass is 9.98. The van der Waals surface area contributed by atoms with Crippen molar-refractivity contribution in [2.24, 2.45) is 0 Å². The number of hydrogen-bond acceptors (Lipinski definition) is 6. The highest BCUT2D eigenvalue weighted by atomic mass is 35.5. The molecule has 0 unspecified atom stereocenters. The fraction of sp³-hybridized carbons (Fsp3) is 0.632. The Kier molecular flexibility index (Phi) is 6.30. The highest BCUT2D eigenvalue weighted by molar-refractivity contribution is 7.91. The number of carbonyl (C=O) groups is 3. The number of nitrogens with zero attached hydrogens (tertiary/aromatic N) is 3. The van der Waals surface area contributed by atoms with Gasteiger partial charge in [0.1, 0.15) is 9.75 Å². The van der Waals surface area contributed by atoms with Crippen molar-refractivity contribution >= 4 is 50.8 Å². The molecule has 4 rings (SSSR count). The summed E-state index contributed by atoms with van der Waals surface area (Å²) in [7, 11) is -3.60. The van der Waals surface area contributed by atoms with Crippen LogP contribution in [0.5, 0.6) is 0 Å². The van der Waals surface area contributed by atoms with E-state index in [1.807, 2.05) is 0 Å². The van der Waals surface area contributed by atoms with Gasteiger partial charge in [0.15, 0.2) is 0 Å². The molecule has 2 saturated heterocycles. The minimum Gasteiger partial charge on any atom is -0.340 e. The Balaban J connectivity index is 1.24. The molecular formula is C19H25ClN4O5S2. The Labute approximate surface area is 190 Å². The second kappa shape index (κ2) is 8.68. The third kappa shape index (κ3) is 4.33. The number of rotatable bonds is 6. The molecule has 0 radical (unpaired) electrons. The molecule has 0 aromatic carbocycles. The molecule has 0 bridgehead atoms. The fourth-order valence-corrected chi connectivity index (χ4v) is 7.54. The number of amides is 4. The first-order valence-corrected chi connectivity index (χ1v) is 13.0. The summed E-state index contributed by atoms with van der Waals surface area (Å²) in [6.07, 6.45) is 3.81. The lowest BCUT2D eigenvalue weighted by Crippen LogP contribution is -2.50. The molecule has 1 aromatic heterocycles. The van der Waals surface area contributed by atoms with Crippen molar-refractivity contribution < 1.29 is 22.8 Å². The molecular weight excluding hydrogens is 464 g/mol. The van der Waals surface area contributed by atoms with Crippen LogP contribution in [0, 0.1) is 0 Å². The summed E-state index contributed by atoms with van der Waals surface area (Å²) in [4.78, 5) is 40.3. The van der Waals surface area contributed by atoms with Gasteiger partial charge in [0.05, 0.1) is 4.34 Å². The number of halogens is 1. The molecule has 4 amide bonds. The summed E-state index contributed by atoms with van der Waals surface area (Å²) in [5, 5.41) is 2.84. The molecule has 1 aromatic rings. The average molecular weight is 489 g/mol. The third-order valence-corrected chi connectivity index (χ3v) is 9.81. The Morgan fingerprint density at radius 2 is 1.81 bits per heavy atom. The van der Waals surface area contributed by atoms with E-state index < -0.39 is 15.6 Å². The highest BCUT2D eigenvalue weighted by Gasteiger charge is 2.52. The quantitative estimate of drug-likeness (QED) is 0.615. The Morgan fingerprint density at radius 3 is 2.42 bits per heavy atom. The molecule has 9 nitrogen and oxygen atoms in total. The average Bonchev–Trinajstić information content (AvgIpc) is 3.45. The Bertz CT molecular complexity index is 981. The summed E-state index contributed by atoms with van der Waals surface area (Å²) in [5.41, 5.74) is -0.726. The van der Waals surface area contributed by atoms with Crippen molar-refractivity contribution in [3.05, 3.63) is 16.5 Å². The van der Waals surface area contributed by atoms with E-state index in [4.69, 9.17) is 11.6 Å². The van der Waals surface area contributed by atoms with Crippen molar-refractivity contribution in [2.75, 3.05) is 32.7 Å². The van der Waals surface area contributed by atoms with Crippen LogP contribution in [0.15, 0.2) is 16.3 Å². The molecule has 3 fully saturated rings. The molecule has 3 aliphatic rings. The third-order valence-electron chi connectivity index (χ3n) is 6.21. The second-order valence-corrected chi connectivity index (χ2v) is 12.0. The topological polar surface area (TPSA) is 107 Å². The fourth-order valence-electron chi connectivity index (χ4n) is 4.48. The molecule has 1 saturated carbocycles. The van der Waals surface area contributed by atoms with E-state index >= 15 is 0 Å². The molecule has 31 heavy (non-hydrogen) atoms. The van der Waals surface area contributed by atoms with Crippen LogP contribution in [0.1, 0.15) is 38.5 Å². The van der Waals surface area contributed by atoms with E-state index in [1.54, 1.807) is 11.0 Å². The van der Waals surface area contributed by atoms with Crippen molar-refractivity contribution in [3.63, 3.8) is 0 Å². The Morgan fingerprint density at radius 1 is 1.13 bits per heavy atom. The van der Waals surface area contributed by atoms with Crippen molar-refractivity contribution in [1.82, 2.24) is 19.4 Å². The van der Waals surface area contributed by atoms with Crippen LogP contribution in [0.25, 0.3) is 0 Å². The standard InChI is InChI=1S/C19H25ClN4O5S2/c20-14-5-6-16(30-14)31(28,29)23-12-10-22(11-13-23)15(25)4-3-9-24-17(26)19(21-18(24)27)7-1-2-8-19/h5-6H,1-4,7-13H2,(H,21,27). The number of nitrogens with one attached hydrogen (secondary N) is 1. The first kappa shape index (κ1) is 22.5. The summed E-state index contributed by atoms with van der Waals surface area (Å²) >= 11 is 6.87. The molecule has 1 aliphatic carbocycles. The molecule has 12 heteroatoms. The first-order valence-electron chi connectivity index (χ1n) is 10.4. The van der Waals surface area contributed by atoms with Crippen molar-refractivity contribution in [2.45, 2.75) is 48.3 Å². The van der Waals surface area contributed by atoms with Crippen molar-refractivity contribution in [1.29, 1.82) is 0 Å². The maximum atomic E-state index is 12.7. The van der Waals surface area contributed by atoms with Gasteiger partial charge in [-0.15, -0.1) is 11.3 Å². The van der Waals surface area contributed by atoms with Crippen LogP contribution in [-0.4, -0.2) is 78.6 Å². The van der Waals surface area contributed by atoms with Crippen molar-refractivity contribution in [3.8, 4) is 0 Å². The van der Waals surface area contributed by atoms with Crippen LogP contribution in [0.3, 0.4) is 0 Å². The zero-order valence-electron chi connectivity index (χ0n) is 17.0. The number of sulfonamides is 1. The lowest BCUT2D eigenvalue weighted by Gasteiger charge is -2.33. The van der Waals surface area contributed by atoms with Crippen LogP contribution >= 0.6 is 22.9 Å². The highest BCUT2D eigenvalue weighted by Crippen LogP contribution is 2.35. The van der Waals surface area contributed by atoms with Gasteiger partial charge in [0.2, 0.25) is 5.91 Å². The second-order valence-electron chi connectivity index (χ2n) is 8.12. The van der Waals surface area contributed by atoms with Gasteiger partial charge in [0, 0.05) is 39.1 Å². The minimum atomic E-state index is -3.60. The van der Waals surface area contributed by atoms with Gasteiger partial charge >= 0.3 is 6.03 Å². The number of piperazine rings is 1.